The van der Waals surface area contributed by atoms with Crippen molar-refractivity contribution in [2.24, 2.45) is 0 Å². The third kappa shape index (κ3) is 1.76. The Kier molecular flexibility index (Phi) is 2.90. The van der Waals surface area contributed by atoms with E-state index in [9.17, 15) is 4.79 Å². The molecule has 5 heteroatoms. The smallest absolute Gasteiger partial charge is 0.457 e. The number of rotatable bonds is 2. The minimum absolute atomic E-state index is 0.333. The number of carbonyl (C=O) groups is 1. The third-order valence-corrected chi connectivity index (χ3v) is 0.488. The number of hydrogen-bond donors (Lipinski definition) is 1. The highest BCUT2D eigenvalue weighted by Gasteiger charge is 2.07. The van der Waals surface area contributed by atoms with Gasteiger partial charge in [0, 0.05) is 0 Å². The summed E-state index contributed by atoms with van der Waals surface area (Å²) in [5, 5.41) is 8.38. The number of hydrogen-bond acceptors (Lipinski definition) is 3. The molecule has 0 unspecified atom stereocenters. The first-order valence-corrected chi connectivity index (χ1v) is 1.83. The largest absolute Gasteiger partial charge is 0.462 e. The second kappa shape index (κ2) is 3.23. The molecule has 0 fully saturated rings. The van der Waals surface area contributed by atoms with Crippen molar-refractivity contribution < 1.29 is 19.6 Å². The Balaban J connectivity index is 3.52. The first-order chi connectivity index (χ1) is 3.72. The lowest BCUT2D eigenvalue weighted by atomic mass is 11.2. The summed E-state index contributed by atoms with van der Waals surface area (Å²) in [5.74, 6) is 0. The summed E-state index contributed by atoms with van der Waals surface area (Å²) in [6.45, 7) is 0. The van der Waals surface area contributed by atoms with Gasteiger partial charge in [0.05, 0.1) is 14.2 Å². The van der Waals surface area contributed by atoms with Crippen LogP contribution in [0.4, 0.5) is 4.79 Å². The fourth-order valence-electron chi connectivity index (χ4n) is 0.231. The number of amides is 1. The molecule has 0 saturated carbocycles. The van der Waals surface area contributed by atoms with E-state index in [1.165, 1.54) is 14.2 Å². The molecule has 0 bridgehead atoms. The molecule has 5 nitrogen and oxygen atoms in total. The van der Waals surface area contributed by atoms with Crippen molar-refractivity contribution in [3.8, 4) is 0 Å². The quantitative estimate of drug-likeness (QED) is 0.526. The molecule has 0 saturated heterocycles. The molecule has 0 aromatic rings. The normalized spacial score (nSPS) is 8.75. The Labute approximate surface area is 46.3 Å². The summed E-state index contributed by atoms with van der Waals surface area (Å²) < 4.78 is 0. The maximum atomic E-state index is 9.84. The van der Waals surface area contributed by atoms with E-state index in [1.807, 2.05) is 0 Å². The second-order valence-corrected chi connectivity index (χ2v) is 0.905. The predicted octanol–water partition coefficient (Wildman–Crippen LogP) is 0.0892. The van der Waals surface area contributed by atoms with Crippen molar-refractivity contribution in [2.45, 2.75) is 0 Å². The van der Waals surface area contributed by atoms with E-state index in [1.54, 1.807) is 0 Å². The molecular formula is C3H7NO4. The zero-order valence-corrected chi connectivity index (χ0v) is 4.62. The average Bonchev–Trinajstić information content (AvgIpc) is 1.69. The second-order valence-electron chi connectivity index (χ2n) is 0.905. The van der Waals surface area contributed by atoms with Gasteiger partial charge in [-0.25, -0.2) is 14.5 Å². The topological polar surface area (TPSA) is 59.0 Å². The van der Waals surface area contributed by atoms with E-state index in [0.717, 1.165) is 0 Å². The van der Waals surface area contributed by atoms with Gasteiger partial charge in [-0.2, -0.15) is 0 Å². The van der Waals surface area contributed by atoms with Gasteiger partial charge in [0.1, 0.15) is 0 Å². The van der Waals surface area contributed by atoms with Crippen LogP contribution in [0.1, 0.15) is 0 Å². The molecule has 0 rings (SSSR count). The Morgan fingerprint density at radius 2 is 1.88 bits per heavy atom. The van der Waals surface area contributed by atoms with Crippen LogP contribution in [0, 0.1) is 0 Å². The van der Waals surface area contributed by atoms with Gasteiger partial charge in [-0.1, -0.05) is 0 Å². The Morgan fingerprint density at radius 3 is 1.88 bits per heavy atom. The van der Waals surface area contributed by atoms with Crippen molar-refractivity contribution >= 4 is 6.09 Å². The maximum absolute atomic E-state index is 9.84. The van der Waals surface area contributed by atoms with Crippen LogP contribution in [-0.4, -0.2) is 30.6 Å². The lowest BCUT2D eigenvalue weighted by Gasteiger charge is -2.09. The summed E-state index contributed by atoms with van der Waals surface area (Å²) in [7, 11) is 2.38. The van der Waals surface area contributed by atoms with Crippen LogP contribution >= 0.6 is 0 Å². The fourth-order valence-corrected chi connectivity index (χ4v) is 0.231. The monoisotopic (exact) mass is 121 g/mol. The standard InChI is InChI=1S/C3H7NO4/c1-7-4(8-2)3(5)6/h1-2H3,(H,5,6). The molecule has 8 heavy (non-hydrogen) atoms. The minimum Gasteiger partial charge on any atom is -0.462 e. The average molecular weight is 121 g/mol. The molecule has 48 valence electrons. The predicted molar refractivity (Wildman–Crippen MR) is 23.9 cm³/mol. The molecule has 0 aliphatic heterocycles. The summed E-state index contributed by atoms with van der Waals surface area (Å²) in [4.78, 5) is 18.2. The molecule has 0 spiro atoms. The van der Waals surface area contributed by atoms with E-state index in [-0.39, 0.29) is 0 Å². The van der Waals surface area contributed by atoms with Crippen LogP contribution < -0.4 is 0 Å². The lowest BCUT2D eigenvalue weighted by molar-refractivity contribution is -0.307. The highest BCUT2D eigenvalue weighted by atomic mass is 17.0. The van der Waals surface area contributed by atoms with Crippen molar-refractivity contribution in [2.75, 3.05) is 14.2 Å². The van der Waals surface area contributed by atoms with E-state index in [2.05, 4.69) is 9.68 Å². The lowest BCUT2D eigenvalue weighted by Crippen LogP contribution is -2.26. The molecule has 0 atom stereocenters. The molecule has 0 heterocycles. The van der Waals surface area contributed by atoms with Crippen LogP contribution in [0.25, 0.3) is 0 Å². The number of hydroxylamine groups is 2. The van der Waals surface area contributed by atoms with E-state index in [4.69, 9.17) is 5.11 Å². The Morgan fingerprint density at radius 1 is 1.50 bits per heavy atom. The van der Waals surface area contributed by atoms with Gasteiger partial charge in [0.15, 0.2) is 0 Å². The molecule has 1 N–H and O–H groups in total. The zero-order chi connectivity index (χ0) is 6.57. The van der Waals surface area contributed by atoms with Gasteiger partial charge >= 0.3 is 6.09 Å². The van der Waals surface area contributed by atoms with E-state index in [0.29, 0.717) is 5.23 Å². The van der Waals surface area contributed by atoms with Gasteiger partial charge in [0.2, 0.25) is 0 Å². The molecule has 0 aromatic carbocycles. The maximum Gasteiger partial charge on any atom is 0.457 e. The zero-order valence-electron chi connectivity index (χ0n) is 4.62. The van der Waals surface area contributed by atoms with Gasteiger partial charge in [-0.15, -0.1) is 0 Å². The number of carboxylic acid groups (broad SMARTS) is 1. The van der Waals surface area contributed by atoms with Crippen molar-refractivity contribution in [3.63, 3.8) is 0 Å². The molecule has 0 aromatic heterocycles. The molecule has 0 aliphatic rings. The van der Waals surface area contributed by atoms with Crippen LogP contribution in [0.3, 0.4) is 0 Å². The SMILES string of the molecule is CON(OC)C(=O)O. The van der Waals surface area contributed by atoms with E-state index < -0.39 is 6.09 Å². The third-order valence-electron chi connectivity index (χ3n) is 0.488. The number of nitrogens with zero attached hydrogens (tertiary/aromatic N) is 1. The van der Waals surface area contributed by atoms with Gasteiger partial charge in [-0.05, 0) is 5.23 Å². The summed E-state index contributed by atoms with van der Waals surface area (Å²) >= 11 is 0. The summed E-state index contributed by atoms with van der Waals surface area (Å²) in [5.41, 5.74) is 0. The minimum atomic E-state index is -1.28. The molecule has 0 radical (unpaired) electrons. The summed E-state index contributed by atoms with van der Waals surface area (Å²) in [6.07, 6.45) is -1.28. The van der Waals surface area contributed by atoms with Crippen molar-refractivity contribution in [1.29, 1.82) is 0 Å². The molecule has 0 aliphatic carbocycles. The van der Waals surface area contributed by atoms with E-state index >= 15 is 0 Å². The van der Waals surface area contributed by atoms with Crippen LogP contribution in [0.15, 0.2) is 0 Å². The highest BCUT2D eigenvalue weighted by Crippen LogP contribution is 1.85. The van der Waals surface area contributed by atoms with Gasteiger partial charge in [0.25, 0.3) is 0 Å². The Hall–Kier alpha value is -0.810. The highest BCUT2D eigenvalue weighted by molar-refractivity contribution is 5.62. The van der Waals surface area contributed by atoms with Crippen molar-refractivity contribution in [3.05, 3.63) is 0 Å². The summed E-state index contributed by atoms with van der Waals surface area (Å²) in [6, 6.07) is 0. The molecular weight excluding hydrogens is 114 g/mol. The first-order valence-electron chi connectivity index (χ1n) is 1.83. The van der Waals surface area contributed by atoms with Crippen LogP contribution in [0.2, 0.25) is 0 Å². The first kappa shape index (κ1) is 7.19. The van der Waals surface area contributed by atoms with Crippen LogP contribution in [-0.2, 0) is 9.68 Å². The van der Waals surface area contributed by atoms with Crippen molar-refractivity contribution in [1.82, 2.24) is 5.23 Å². The Bertz CT molecular complexity index is 79.4. The van der Waals surface area contributed by atoms with Crippen LogP contribution in [0.5, 0.6) is 0 Å². The van der Waals surface area contributed by atoms with Gasteiger partial charge in [-0.3, -0.25) is 0 Å². The molecule has 1 amide bonds. The van der Waals surface area contributed by atoms with Gasteiger partial charge < -0.3 is 5.11 Å². The fraction of sp³-hybridized carbons (Fsp3) is 0.667.